The Morgan fingerprint density at radius 3 is 2.40 bits per heavy atom. The fourth-order valence-corrected chi connectivity index (χ4v) is 1.98. The first kappa shape index (κ1) is 14.5. The highest BCUT2D eigenvalue weighted by molar-refractivity contribution is 5.36. The van der Waals surface area contributed by atoms with E-state index in [4.69, 9.17) is 10.5 Å². The van der Waals surface area contributed by atoms with E-state index in [0.29, 0.717) is 11.3 Å². The molecule has 0 aliphatic carbocycles. The zero-order valence-corrected chi connectivity index (χ0v) is 11.5. The van der Waals surface area contributed by atoms with E-state index in [0.717, 1.165) is 11.1 Å². The van der Waals surface area contributed by atoms with Gasteiger partial charge in [0, 0.05) is 11.6 Å². The number of ether oxygens (including phenoxy) is 1. The van der Waals surface area contributed by atoms with Crippen molar-refractivity contribution in [1.82, 2.24) is 0 Å². The lowest BCUT2D eigenvalue weighted by Crippen LogP contribution is -2.09. The second-order valence-electron chi connectivity index (χ2n) is 4.83. The molecule has 0 saturated carbocycles. The molecule has 1 atom stereocenters. The second kappa shape index (κ2) is 6.01. The molecular formula is C16H17F2NO. The molecule has 0 amide bonds. The van der Waals surface area contributed by atoms with Gasteiger partial charge < -0.3 is 10.5 Å². The Hall–Kier alpha value is -1.94. The van der Waals surface area contributed by atoms with Crippen LogP contribution in [-0.4, -0.2) is 0 Å². The highest BCUT2D eigenvalue weighted by Gasteiger charge is 2.10. The molecule has 0 radical (unpaired) electrons. The predicted molar refractivity (Wildman–Crippen MR) is 74.5 cm³/mol. The van der Waals surface area contributed by atoms with Crippen molar-refractivity contribution < 1.29 is 13.5 Å². The van der Waals surface area contributed by atoms with Crippen molar-refractivity contribution in [2.75, 3.05) is 0 Å². The Morgan fingerprint density at radius 1 is 1.10 bits per heavy atom. The molecule has 20 heavy (non-hydrogen) atoms. The molecule has 2 rings (SSSR count). The molecule has 2 N–H and O–H groups in total. The van der Waals surface area contributed by atoms with E-state index in [9.17, 15) is 8.78 Å². The Bertz CT molecular complexity index is 611. The molecule has 0 saturated heterocycles. The first-order chi connectivity index (χ1) is 9.47. The Balaban J connectivity index is 2.18. The van der Waals surface area contributed by atoms with Crippen LogP contribution in [0.25, 0.3) is 0 Å². The minimum Gasteiger partial charge on any atom is -0.489 e. The first-order valence-electron chi connectivity index (χ1n) is 6.40. The lowest BCUT2D eigenvalue weighted by atomic mass is 10.1. The quantitative estimate of drug-likeness (QED) is 0.920. The van der Waals surface area contributed by atoms with Gasteiger partial charge in [-0.1, -0.05) is 6.07 Å². The molecule has 0 aliphatic rings. The maximum atomic E-state index is 13.2. The zero-order valence-electron chi connectivity index (χ0n) is 11.5. The lowest BCUT2D eigenvalue weighted by molar-refractivity contribution is 0.300. The highest BCUT2D eigenvalue weighted by Crippen LogP contribution is 2.26. The van der Waals surface area contributed by atoms with Crippen molar-refractivity contribution in [2.45, 2.75) is 26.5 Å². The van der Waals surface area contributed by atoms with E-state index < -0.39 is 0 Å². The van der Waals surface area contributed by atoms with Gasteiger partial charge in [-0.2, -0.15) is 0 Å². The molecule has 4 heteroatoms. The van der Waals surface area contributed by atoms with E-state index in [1.54, 1.807) is 19.1 Å². The molecule has 0 spiro atoms. The first-order valence-corrected chi connectivity index (χ1v) is 6.40. The number of hydrogen-bond acceptors (Lipinski definition) is 2. The van der Waals surface area contributed by atoms with Crippen LogP contribution in [0, 0.1) is 18.6 Å². The Kier molecular flexibility index (Phi) is 4.35. The van der Waals surface area contributed by atoms with E-state index >= 15 is 0 Å². The van der Waals surface area contributed by atoms with Crippen LogP contribution >= 0.6 is 0 Å². The number of rotatable bonds is 4. The van der Waals surface area contributed by atoms with Crippen molar-refractivity contribution >= 4 is 0 Å². The zero-order chi connectivity index (χ0) is 14.7. The average molecular weight is 277 g/mol. The van der Waals surface area contributed by atoms with Gasteiger partial charge in [0.15, 0.2) is 0 Å². The number of halogens is 2. The summed E-state index contributed by atoms with van der Waals surface area (Å²) >= 11 is 0. The molecule has 0 fully saturated rings. The molecule has 2 nitrogen and oxygen atoms in total. The van der Waals surface area contributed by atoms with Crippen LogP contribution in [0.3, 0.4) is 0 Å². The van der Waals surface area contributed by atoms with Crippen molar-refractivity contribution in [3.05, 3.63) is 64.7 Å². The molecule has 106 valence electrons. The molecule has 2 aromatic rings. The standard InChI is InChI=1S/C16H17F2NO/c1-10-7-13(17)4-3-12(10)9-20-16-6-5-14(18)8-15(16)11(2)19/h3-8,11H,9,19H2,1-2H3/t11-/m1/s1. The molecule has 0 aromatic heterocycles. The van der Waals surface area contributed by atoms with E-state index in [2.05, 4.69) is 0 Å². The fourth-order valence-electron chi connectivity index (χ4n) is 1.98. The third-order valence-electron chi connectivity index (χ3n) is 3.15. The van der Waals surface area contributed by atoms with E-state index in [1.165, 1.54) is 24.3 Å². The van der Waals surface area contributed by atoms with Crippen LogP contribution in [0.2, 0.25) is 0 Å². The van der Waals surface area contributed by atoms with Gasteiger partial charge in [-0.25, -0.2) is 8.78 Å². The summed E-state index contributed by atoms with van der Waals surface area (Å²) in [7, 11) is 0. The highest BCUT2D eigenvalue weighted by atomic mass is 19.1. The molecule has 2 aromatic carbocycles. The van der Waals surface area contributed by atoms with Gasteiger partial charge in [-0.3, -0.25) is 0 Å². The van der Waals surface area contributed by atoms with Gasteiger partial charge in [0.1, 0.15) is 24.0 Å². The Morgan fingerprint density at radius 2 is 1.75 bits per heavy atom. The second-order valence-corrected chi connectivity index (χ2v) is 4.83. The molecule has 0 heterocycles. The van der Waals surface area contributed by atoms with Crippen LogP contribution in [-0.2, 0) is 6.61 Å². The lowest BCUT2D eigenvalue weighted by Gasteiger charge is -2.15. The molecule has 0 bridgehead atoms. The minimum absolute atomic E-state index is 0.274. The third kappa shape index (κ3) is 3.33. The van der Waals surface area contributed by atoms with Gasteiger partial charge in [0.25, 0.3) is 0 Å². The molecule has 0 unspecified atom stereocenters. The molecule has 0 aliphatic heterocycles. The fraction of sp³-hybridized carbons (Fsp3) is 0.250. The number of aryl methyl sites for hydroxylation is 1. The Labute approximate surface area is 117 Å². The van der Waals surface area contributed by atoms with Crippen LogP contribution in [0.15, 0.2) is 36.4 Å². The van der Waals surface area contributed by atoms with E-state index in [1.807, 2.05) is 6.92 Å². The summed E-state index contributed by atoms with van der Waals surface area (Å²) in [6.45, 7) is 3.88. The van der Waals surface area contributed by atoms with Crippen molar-refractivity contribution in [2.24, 2.45) is 5.73 Å². The van der Waals surface area contributed by atoms with Crippen LogP contribution in [0.5, 0.6) is 5.75 Å². The maximum Gasteiger partial charge on any atom is 0.124 e. The van der Waals surface area contributed by atoms with Crippen molar-refractivity contribution in [3.63, 3.8) is 0 Å². The minimum atomic E-state index is -0.345. The summed E-state index contributed by atoms with van der Waals surface area (Å²) in [4.78, 5) is 0. The van der Waals surface area contributed by atoms with Gasteiger partial charge >= 0.3 is 0 Å². The summed E-state index contributed by atoms with van der Waals surface area (Å²) in [5.74, 6) is -0.0722. The number of nitrogens with two attached hydrogens (primary N) is 1. The maximum absolute atomic E-state index is 13.2. The van der Waals surface area contributed by atoms with Crippen molar-refractivity contribution in [3.8, 4) is 5.75 Å². The molecular weight excluding hydrogens is 260 g/mol. The summed E-state index contributed by atoms with van der Waals surface area (Å²) in [6, 6.07) is 8.47. The van der Waals surface area contributed by atoms with Gasteiger partial charge in [-0.05, 0) is 55.3 Å². The van der Waals surface area contributed by atoms with Gasteiger partial charge in [-0.15, -0.1) is 0 Å². The largest absolute Gasteiger partial charge is 0.489 e. The van der Waals surface area contributed by atoms with E-state index in [-0.39, 0.29) is 24.3 Å². The van der Waals surface area contributed by atoms with Crippen LogP contribution < -0.4 is 10.5 Å². The smallest absolute Gasteiger partial charge is 0.124 e. The predicted octanol–water partition coefficient (Wildman–Crippen LogP) is 3.87. The summed E-state index contributed by atoms with van der Waals surface area (Å²) < 4.78 is 31.9. The number of hydrogen-bond donors (Lipinski definition) is 1. The van der Waals surface area contributed by atoms with Crippen molar-refractivity contribution in [1.29, 1.82) is 0 Å². The average Bonchev–Trinajstić information content (AvgIpc) is 2.38. The van der Waals surface area contributed by atoms with Crippen LogP contribution in [0.1, 0.15) is 29.7 Å². The third-order valence-corrected chi connectivity index (χ3v) is 3.15. The number of benzene rings is 2. The monoisotopic (exact) mass is 277 g/mol. The summed E-state index contributed by atoms with van der Waals surface area (Å²) in [5.41, 5.74) is 8.12. The van der Waals surface area contributed by atoms with Crippen LogP contribution in [0.4, 0.5) is 8.78 Å². The van der Waals surface area contributed by atoms with Gasteiger partial charge in [0.2, 0.25) is 0 Å². The van der Waals surface area contributed by atoms with Gasteiger partial charge in [0.05, 0.1) is 0 Å². The SMILES string of the molecule is Cc1cc(F)ccc1COc1ccc(F)cc1[C@@H](C)N. The normalized spacial score (nSPS) is 12.2. The topological polar surface area (TPSA) is 35.2 Å². The summed E-state index contributed by atoms with van der Waals surface area (Å²) in [6.07, 6.45) is 0. The summed E-state index contributed by atoms with van der Waals surface area (Å²) in [5, 5.41) is 0.